The largest absolute Gasteiger partial charge is 0.365 e. The Morgan fingerprint density at radius 3 is 2.41 bits per heavy atom. The maximum Gasteiger partial charge on any atom is 0.262 e. The van der Waals surface area contributed by atoms with Gasteiger partial charge in [0.05, 0.1) is 0 Å². The van der Waals surface area contributed by atoms with Crippen molar-refractivity contribution in [2.45, 2.75) is 0 Å². The molecule has 0 bridgehead atoms. The Hall–Kier alpha value is -2.56. The van der Waals surface area contributed by atoms with Crippen LogP contribution in [0.3, 0.4) is 0 Å². The highest BCUT2D eigenvalue weighted by molar-refractivity contribution is 5.92. The third kappa shape index (κ3) is 2.52. The van der Waals surface area contributed by atoms with Gasteiger partial charge in [-0.05, 0) is 24.3 Å². The molecule has 0 aliphatic rings. The molecular weight excluding hydrogens is 218 g/mol. The van der Waals surface area contributed by atoms with Crippen molar-refractivity contribution in [2.75, 3.05) is 5.32 Å². The number of nitrogens with two attached hydrogens (primary N) is 1. The highest BCUT2D eigenvalue weighted by Crippen LogP contribution is 2.12. The summed E-state index contributed by atoms with van der Waals surface area (Å²) in [5, 5.41) is 3.00. The number of aromatic amines is 1. The molecule has 1 heterocycles. The van der Waals surface area contributed by atoms with E-state index in [9.17, 15) is 9.59 Å². The Morgan fingerprint density at radius 1 is 1.12 bits per heavy atom. The zero-order valence-corrected chi connectivity index (χ0v) is 8.94. The van der Waals surface area contributed by atoms with Crippen molar-refractivity contribution in [3.63, 3.8) is 0 Å². The maximum atomic E-state index is 11.5. The molecule has 5 nitrogen and oxygen atoms in total. The Morgan fingerprint density at radius 2 is 1.82 bits per heavy atom. The van der Waals surface area contributed by atoms with Crippen LogP contribution in [0.15, 0.2) is 47.3 Å². The van der Waals surface area contributed by atoms with E-state index in [0.29, 0.717) is 5.82 Å². The summed E-state index contributed by atoms with van der Waals surface area (Å²) in [5.41, 5.74) is 5.33. The maximum absolute atomic E-state index is 11.5. The fourth-order valence-electron chi connectivity index (χ4n) is 1.42. The number of H-pyrrole nitrogens is 1. The van der Waals surface area contributed by atoms with E-state index in [1.54, 1.807) is 6.07 Å². The van der Waals surface area contributed by atoms with Crippen LogP contribution in [0.5, 0.6) is 0 Å². The Kier molecular flexibility index (Phi) is 2.91. The third-order valence-corrected chi connectivity index (χ3v) is 2.23. The van der Waals surface area contributed by atoms with Gasteiger partial charge in [-0.3, -0.25) is 9.59 Å². The molecule has 86 valence electrons. The van der Waals surface area contributed by atoms with Crippen molar-refractivity contribution >= 4 is 17.4 Å². The summed E-state index contributed by atoms with van der Waals surface area (Å²) in [6.07, 6.45) is 0. The number of hydrogen-bond donors (Lipinski definition) is 3. The number of rotatable bonds is 3. The topological polar surface area (TPSA) is 88.0 Å². The fourth-order valence-corrected chi connectivity index (χ4v) is 1.42. The molecule has 0 spiro atoms. The summed E-state index contributed by atoms with van der Waals surface area (Å²) in [7, 11) is 0. The van der Waals surface area contributed by atoms with E-state index in [-0.39, 0.29) is 5.56 Å². The number of benzene rings is 1. The van der Waals surface area contributed by atoms with Crippen molar-refractivity contribution in [3.05, 3.63) is 58.4 Å². The minimum Gasteiger partial charge on any atom is -0.365 e. The highest BCUT2D eigenvalue weighted by atomic mass is 16.2. The van der Waals surface area contributed by atoms with Gasteiger partial charge < -0.3 is 16.0 Å². The van der Waals surface area contributed by atoms with Crippen LogP contribution in [0.25, 0.3) is 0 Å². The summed E-state index contributed by atoms with van der Waals surface area (Å²) in [6, 6.07) is 12.3. The molecule has 0 aliphatic heterocycles. The van der Waals surface area contributed by atoms with Gasteiger partial charge in [0.1, 0.15) is 11.4 Å². The molecule has 1 aromatic heterocycles. The predicted octanol–water partition coefficient (Wildman–Crippen LogP) is 1.22. The average molecular weight is 229 g/mol. The number of para-hydroxylation sites is 1. The van der Waals surface area contributed by atoms with Gasteiger partial charge in [-0.2, -0.15) is 0 Å². The lowest BCUT2D eigenvalue weighted by atomic mass is 10.2. The van der Waals surface area contributed by atoms with Crippen LogP contribution in [-0.2, 0) is 0 Å². The van der Waals surface area contributed by atoms with E-state index in [2.05, 4.69) is 10.3 Å². The second kappa shape index (κ2) is 4.52. The number of amides is 1. The molecule has 2 rings (SSSR count). The van der Waals surface area contributed by atoms with Crippen molar-refractivity contribution in [3.8, 4) is 0 Å². The van der Waals surface area contributed by atoms with Crippen molar-refractivity contribution < 1.29 is 4.79 Å². The van der Waals surface area contributed by atoms with Crippen LogP contribution in [0, 0.1) is 0 Å². The highest BCUT2D eigenvalue weighted by Gasteiger charge is 2.06. The number of carbonyl (C=O) groups is 1. The lowest BCUT2D eigenvalue weighted by Gasteiger charge is -2.05. The van der Waals surface area contributed by atoms with Crippen LogP contribution in [0.2, 0.25) is 0 Å². The normalized spacial score (nSPS) is 9.88. The molecule has 0 unspecified atom stereocenters. The molecule has 2 aromatic rings. The number of aromatic nitrogens is 1. The van der Waals surface area contributed by atoms with Gasteiger partial charge in [0, 0.05) is 5.69 Å². The molecule has 5 heteroatoms. The van der Waals surface area contributed by atoms with Gasteiger partial charge >= 0.3 is 0 Å². The molecule has 0 saturated heterocycles. The molecule has 1 aromatic carbocycles. The molecule has 0 atom stereocenters. The van der Waals surface area contributed by atoms with Gasteiger partial charge in [0.15, 0.2) is 0 Å². The lowest BCUT2D eigenvalue weighted by Crippen LogP contribution is -2.23. The Labute approximate surface area is 97.3 Å². The van der Waals surface area contributed by atoms with E-state index in [1.165, 1.54) is 6.07 Å². The molecule has 0 radical (unpaired) electrons. The number of carbonyl (C=O) groups excluding carboxylic acids is 1. The predicted molar refractivity (Wildman–Crippen MR) is 65.3 cm³/mol. The second-order valence-electron chi connectivity index (χ2n) is 3.47. The van der Waals surface area contributed by atoms with Crippen LogP contribution >= 0.6 is 0 Å². The summed E-state index contributed by atoms with van der Waals surface area (Å²) in [5.74, 6) is -0.233. The summed E-state index contributed by atoms with van der Waals surface area (Å²) in [4.78, 5) is 24.9. The van der Waals surface area contributed by atoms with E-state index >= 15 is 0 Å². The smallest absolute Gasteiger partial charge is 0.262 e. The number of pyridine rings is 1. The van der Waals surface area contributed by atoms with E-state index < -0.39 is 11.5 Å². The van der Waals surface area contributed by atoms with Gasteiger partial charge in [0.25, 0.3) is 11.5 Å². The first-order valence-electron chi connectivity index (χ1n) is 5.02. The number of anilines is 2. The van der Waals surface area contributed by atoms with Gasteiger partial charge in [-0.1, -0.05) is 18.2 Å². The molecule has 0 aliphatic carbocycles. The zero-order chi connectivity index (χ0) is 12.3. The quantitative estimate of drug-likeness (QED) is 0.739. The van der Waals surface area contributed by atoms with Crippen molar-refractivity contribution in [2.24, 2.45) is 5.73 Å². The number of hydrogen-bond acceptors (Lipinski definition) is 3. The van der Waals surface area contributed by atoms with E-state index in [4.69, 9.17) is 5.73 Å². The van der Waals surface area contributed by atoms with Gasteiger partial charge in [-0.15, -0.1) is 0 Å². The van der Waals surface area contributed by atoms with Crippen LogP contribution < -0.4 is 16.6 Å². The monoisotopic (exact) mass is 229 g/mol. The minimum atomic E-state index is -0.738. The van der Waals surface area contributed by atoms with Gasteiger partial charge in [-0.25, -0.2) is 0 Å². The molecule has 1 amide bonds. The van der Waals surface area contributed by atoms with Crippen molar-refractivity contribution in [1.29, 1.82) is 0 Å². The van der Waals surface area contributed by atoms with Crippen LogP contribution in [0.4, 0.5) is 11.5 Å². The molecule has 0 saturated carbocycles. The average Bonchev–Trinajstić information content (AvgIpc) is 2.30. The summed E-state index contributed by atoms with van der Waals surface area (Å²) < 4.78 is 0. The first-order chi connectivity index (χ1) is 8.16. The zero-order valence-electron chi connectivity index (χ0n) is 8.94. The Balaban J connectivity index is 2.27. The fraction of sp³-hybridized carbons (Fsp3) is 0. The summed E-state index contributed by atoms with van der Waals surface area (Å²) >= 11 is 0. The number of nitrogens with one attached hydrogen (secondary N) is 2. The standard InChI is InChI=1S/C12H11N3O2/c13-11(16)9-6-7-10(15-12(9)17)14-8-4-2-1-3-5-8/h1-7H,(H2,13,16)(H2,14,15,17). The first kappa shape index (κ1) is 10.9. The van der Waals surface area contributed by atoms with Crippen LogP contribution in [0.1, 0.15) is 10.4 Å². The molecule has 0 fully saturated rings. The van der Waals surface area contributed by atoms with Crippen molar-refractivity contribution in [1.82, 2.24) is 4.98 Å². The Bertz CT molecular complexity index is 590. The third-order valence-electron chi connectivity index (χ3n) is 2.23. The second-order valence-corrected chi connectivity index (χ2v) is 3.47. The SMILES string of the molecule is NC(=O)c1ccc(Nc2ccccc2)[nH]c1=O. The lowest BCUT2D eigenvalue weighted by molar-refractivity contribution is 0.0999. The molecule has 17 heavy (non-hydrogen) atoms. The first-order valence-corrected chi connectivity index (χ1v) is 5.02. The minimum absolute atomic E-state index is 0.0522. The molecular formula is C12H11N3O2. The van der Waals surface area contributed by atoms with E-state index in [0.717, 1.165) is 5.69 Å². The van der Waals surface area contributed by atoms with Gasteiger partial charge in [0.2, 0.25) is 0 Å². The summed E-state index contributed by atoms with van der Waals surface area (Å²) in [6.45, 7) is 0. The van der Waals surface area contributed by atoms with Crippen LogP contribution in [-0.4, -0.2) is 10.9 Å². The number of primary amides is 1. The molecule has 4 N–H and O–H groups in total. The van der Waals surface area contributed by atoms with E-state index in [1.807, 2.05) is 30.3 Å².